The van der Waals surface area contributed by atoms with Gasteiger partial charge in [0.15, 0.2) is 10.8 Å². The molecular formula is C19H22ClN3O4S. The number of aromatic nitrogens is 2. The fraction of sp³-hybridized carbons (Fsp3) is 0.421. The minimum Gasteiger partial charge on any atom is -0.466 e. The standard InChI is InChI=1S/C19H22ClN3O4S/c1-2-27-19(24)15-4-3-11-23(12-15)17-9-10-18(22-21-17)28(25,26)13-14-5-7-16(20)8-6-14/h5-10,15H,2-4,11-13H2,1H3/t15-/m0/s1. The van der Waals surface area contributed by atoms with E-state index in [0.717, 1.165) is 19.4 Å². The first-order chi connectivity index (χ1) is 13.4. The van der Waals surface area contributed by atoms with Crippen molar-refractivity contribution in [3.05, 3.63) is 47.0 Å². The van der Waals surface area contributed by atoms with Crippen LogP contribution < -0.4 is 4.90 Å². The van der Waals surface area contributed by atoms with Crippen LogP contribution >= 0.6 is 11.6 Å². The average Bonchev–Trinajstić information content (AvgIpc) is 2.70. The monoisotopic (exact) mass is 423 g/mol. The minimum atomic E-state index is -3.61. The molecule has 1 aliphatic heterocycles. The van der Waals surface area contributed by atoms with E-state index >= 15 is 0 Å². The molecule has 1 aliphatic rings. The normalized spacial score (nSPS) is 17.4. The first-order valence-electron chi connectivity index (χ1n) is 9.11. The van der Waals surface area contributed by atoms with Crippen LogP contribution in [0.25, 0.3) is 0 Å². The number of halogens is 1. The van der Waals surface area contributed by atoms with E-state index in [9.17, 15) is 13.2 Å². The molecule has 0 aliphatic carbocycles. The molecule has 0 spiro atoms. The van der Waals surface area contributed by atoms with Crippen molar-refractivity contribution < 1.29 is 17.9 Å². The molecule has 150 valence electrons. The number of rotatable bonds is 6. The van der Waals surface area contributed by atoms with E-state index in [0.29, 0.717) is 29.6 Å². The molecule has 1 fully saturated rings. The first-order valence-corrected chi connectivity index (χ1v) is 11.1. The van der Waals surface area contributed by atoms with Gasteiger partial charge in [-0.1, -0.05) is 23.7 Å². The van der Waals surface area contributed by atoms with Crippen molar-refractivity contribution in [3.8, 4) is 0 Å². The van der Waals surface area contributed by atoms with Crippen LogP contribution in [0, 0.1) is 5.92 Å². The molecule has 1 aromatic carbocycles. The topological polar surface area (TPSA) is 89.5 Å². The summed E-state index contributed by atoms with van der Waals surface area (Å²) < 4.78 is 30.3. The van der Waals surface area contributed by atoms with E-state index in [-0.39, 0.29) is 22.7 Å². The Hall–Kier alpha value is -2.19. The molecule has 0 N–H and O–H groups in total. The number of benzene rings is 1. The highest BCUT2D eigenvalue weighted by molar-refractivity contribution is 7.90. The molecule has 0 saturated carbocycles. The number of hydrogen-bond acceptors (Lipinski definition) is 7. The Morgan fingerprint density at radius 2 is 1.96 bits per heavy atom. The smallest absolute Gasteiger partial charge is 0.310 e. The Morgan fingerprint density at radius 1 is 1.21 bits per heavy atom. The van der Waals surface area contributed by atoms with E-state index in [4.69, 9.17) is 16.3 Å². The van der Waals surface area contributed by atoms with Crippen LogP contribution in [0.5, 0.6) is 0 Å². The van der Waals surface area contributed by atoms with Crippen LogP contribution in [0.15, 0.2) is 41.4 Å². The molecule has 0 bridgehead atoms. The van der Waals surface area contributed by atoms with Crippen LogP contribution in [0.1, 0.15) is 25.3 Å². The summed E-state index contributed by atoms with van der Waals surface area (Å²) in [6.07, 6.45) is 1.61. The second-order valence-electron chi connectivity index (χ2n) is 6.65. The maximum absolute atomic E-state index is 12.6. The Balaban J connectivity index is 1.70. The molecule has 0 amide bonds. The largest absolute Gasteiger partial charge is 0.466 e. The molecule has 9 heteroatoms. The molecule has 0 radical (unpaired) electrons. The molecule has 0 unspecified atom stereocenters. The van der Waals surface area contributed by atoms with Gasteiger partial charge in [-0.25, -0.2) is 8.42 Å². The lowest BCUT2D eigenvalue weighted by Crippen LogP contribution is -2.40. The van der Waals surface area contributed by atoms with Gasteiger partial charge in [0.25, 0.3) is 0 Å². The number of sulfone groups is 1. The van der Waals surface area contributed by atoms with Crippen molar-refractivity contribution >= 4 is 33.2 Å². The zero-order valence-electron chi connectivity index (χ0n) is 15.5. The van der Waals surface area contributed by atoms with Gasteiger partial charge in [0.05, 0.1) is 18.3 Å². The molecule has 3 rings (SSSR count). The summed E-state index contributed by atoms with van der Waals surface area (Å²) in [5, 5.41) is 8.48. The molecule has 28 heavy (non-hydrogen) atoms. The average molecular weight is 424 g/mol. The van der Waals surface area contributed by atoms with E-state index < -0.39 is 9.84 Å². The summed E-state index contributed by atoms with van der Waals surface area (Å²) in [4.78, 5) is 13.9. The van der Waals surface area contributed by atoms with Crippen molar-refractivity contribution in [2.75, 3.05) is 24.6 Å². The van der Waals surface area contributed by atoms with Gasteiger partial charge < -0.3 is 9.64 Å². The van der Waals surface area contributed by atoms with Gasteiger partial charge >= 0.3 is 5.97 Å². The first kappa shape index (κ1) is 20.5. The van der Waals surface area contributed by atoms with Gasteiger partial charge in [-0.3, -0.25) is 4.79 Å². The summed E-state index contributed by atoms with van der Waals surface area (Å²) in [7, 11) is -3.61. The lowest BCUT2D eigenvalue weighted by Gasteiger charge is -2.32. The number of hydrogen-bond donors (Lipinski definition) is 0. The molecule has 2 aromatic rings. The van der Waals surface area contributed by atoms with E-state index in [2.05, 4.69) is 10.2 Å². The zero-order chi connectivity index (χ0) is 20.1. The molecule has 7 nitrogen and oxygen atoms in total. The number of anilines is 1. The molecule has 1 atom stereocenters. The van der Waals surface area contributed by atoms with Crippen molar-refractivity contribution in [3.63, 3.8) is 0 Å². The maximum atomic E-state index is 12.6. The fourth-order valence-electron chi connectivity index (χ4n) is 3.16. The van der Waals surface area contributed by atoms with Crippen molar-refractivity contribution in [1.82, 2.24) is 10.2 Å². The van der Waals surface area contributed by atoms with Crippen LogP contribution in [0.3, 0.4) is 0 Å². The minimum absolute atomic E-state index is 0.0786. The maximum Gasteiger partial charge on any atom is 0.310 e. The predicted octanol–water partition coefficient (Wildman–Crippen LogP) is 2.88. The second kappa shape index (κ2) is 8.87. The third-order valence-electron chi connectivity index (χ3n) is 4.58. The van der Waals surface area contributed by atoms with E-state index in [1.165, 1.54) is 6.07 Å². The van der Waals surface area contributed by atoms with E-state index in [1.54, 1.807) is 37.3 Å². The number of ether oxygens (including phenoxy) is 1. The van der Waals surface area contributed by atoms with Gasteiger partial charge in [-0.2, -0.15) is 0 Å². The number of esters is 1. The van der Waals surface area contributed by atoms with Crippen molar-refractivity contribution in [2.45, 2.75) is 30.5 Å². The van der Waals surface area contributed by atoms with Crippen molar-refractivity contribution in [2.24, 2.45) is 5.92 Å². The lowest BCUT2D eigenvalue weighted by molar-refractivity contribution is -0.148. The van der Waals surface area contributed by atoms with Crippen LogP contribution in [-0.2, 0) is 25.1 Å². The predicted molar refractivity (Wildman–Crippen MR) is 106 cm³/mol. The van der Waals surface area contributed by atoms with Gasteiger partial charge in [-0.05, 0) is 49.6 Å². The highest BCUT2D eigenvalue weighted by Gasteiger charge is 2.28. The highest BCUT2D eigenvalue weighted by Crippen LogP contribution is 2.23. The Labute approximate surface area is 169 Å². The summed E-state index contributed by atoms with van der Waals surface area (Å²) in [5.41, 5.74) is 0.628. The van der Waals surface area contributed by atoms with Crippen LogP contribution in [0.2, 0.25) is 5.02 Å². The SMILES string of the molecule is CCOC(=O)[C@H]1CCCN(c2ccc(S(=O)(=O)Cc3ccc(Cl)cc3)nn2)C1. The van der Waals surface area contributed by atoms with E-state index in [1.807, 2.05) is 4.90 Å². The van der Waals surface area contributed by atoms with Crippen LogP contribution in [-0.4, -0.2) is 44.3 Å². The van der Waals surface area contributed by atoms with Gasteiger partial charge in [0.1, 0.15) is 0 Å². The van der Waals surface area contributed by atoms with Crippen LogP contribution in [0.4, 0.5) is 5.82 Å². The third-order valence-corrected chi connectivity index (χ3v) is 6.40. The fourth-order valence-corrected chi connectivity index (χ4v) is 4.50. The number of piperidine rings is 1. The number of carbonyl (C=O) groups excluding carboxylic acids is 1. The Morgan fingerprint density at radius 3 is 2.61 bits per heavy atom. The lowest BCUT2D eigenvalue weighted by atomic mass is 9.98. The number of nitrogens with zero attached hydrogens (tertiary/aromatic N) is 3. The highest BCUT2D eigenvalue weighted by atomic mass is 35.5. The number of carbonyl (C=O) groups is 1. The van der Waals surface area contributed by atoms with Gasteiger partial charge in [0.2, 0.25) is 9.84 Å². The molecule has 1 aromatic heterocycles. The summed E-state index contributed by atoms with van der Waals surface area (Å²) in [5.74, 6) is -0.0297. The molecule has 2 heterocycles. The quantitative estimate of drug-likeness (QED) is 0.660. The third kappa shape index (κ3) is 4.99. The molecule has 1 saturated heterocycles. The summed E-state index contributed by atoms with van der Waals surface area (Å²) >= 11 is 5.83. The second-order valence-corrected chi connectivity index (χ2v) is 9.03. The molecular weight excluding hydrogens is 402 g/mol. The summed E-state index contributed by atoms with van der Waals surface area (Å²) in [6, 6.07) is 9.74. The van der Waals surface area contributed by atoms with Gasteiger partial charge in [-0.15, -0.1) is 10.2 Å². The van der Waals surface area contributed by atoms with Crippen molar-refractivity contribution in [1.29, 1.82) is 0 Å². The Bertz CT molecular complexity index is 917. The summed E-state index contributed by atoms with van der Waals surface area (Å²) in [6.45, 7) is 3.37. The van der Waals surface area contributed by atoms with Gasteiger partial charge in [0, 0.05) is 18.1 Å². The Kier molecular flexibility index (Phi) is 6.51. The zero-order valence-corrected chi connectivity index (χ0v) is 17.1.